The standard InChI is InChI=1S/C27H48BrN/c1-6-12-25(26-19-20-26)15-10-8-7-9-14-23(3)24(4)18-17-22(2)13-11-16-27(28)21-29-5/h11,16-17,23-24,27,29H,6-10,12-15,18-21H2,1-5H3/b16-11-,22-17+. The van der Waals surface area contributed by atoms with Gasteiger partial charge in [0.15, 0.2) is 0 Å². The fourth-order valence-corrected chi connectivity index (χ4v) is 4.55. The number of halogens is 1. The molecule has 1 aliphatic carbocycles. The lowest BCUT2D eigenvalue weighted by Gasteiger charge is -2.18. The van der Waals surface area contributed by atoms with E-state index in [2.05, 4.69) is 67.2 Å². The molecule has 1 fully saturated rings. The topological polar surface area (TPSA) is 12.0 Å². The van der Waals surface area contributed by atoms with Crippen LogP contribution >= 0.6 is 15.9 Å². The molecule has 0 radical (unpaired) electrons. The monoisotopic (exact) mass is 465 g/mol. The van der Waals surface area contributed by atoms with Gasteiger partial charge in [-0.2, -0.15) is 0 Å². The van der Waals surface area contributed by atoms with Crippen molar-refractivity contribution in [1.82, 2.24) is 5.32 Å². The average molecular weight is 467 g/mol. The first-order valence-electron chi connectivity index (χ1n) is 12.3. The van der Waals surface area contributed by atoms with E-state index in [1.54, 1.807) is 5.57 Å². The summed E-state index contributed by atoms with van der Waals surface area (Å²) in [5.41, 5.74) is 5.12. The lowest BCUT2D eigenvalue weighted by atomic mass is 9.87. The molecule has 29 heavy (non-hydrogen) atoms. The largest absolute Gasteiger partial charge is 0.318 e. The van der Waals surface area contributed by atoms with Crippen LogP contribution in [0.3, 0.4) is 0 Å². The minimum absolute atomic E-state index is 0.433. The number of rotatable bonds is 17. The summed E-state index contributed by atoms with van der Waals surface area (Å²) in [5, 5.41) is 3.19. The Morgan fingerprint density at radius 2 is 1.79 bits per heavy atom. The first-order chi connectivity index (χ1) is 14.0. The van der Waals surface area contributed by atoms with Crippen molar-refractivity contribution in [3.63, 3.8) is 0 Å². The third-order valence-electron chi connectivity index (χ3n) is 6.43. The third kappa shape index (κ3) is 13.6. The molecule has 168 valence electrons. The van der Waals surface area contributed by atoms with Gasteiger partial charge in [-0.05, 0) is 70.8 Å². The molecule has 1 N–H and O–H groups in total. The molecule has 3 atom stereocenters. The number of hydrogen-bond donors (Lipinski definition) is 1. The van der Waals surface area contributed by atoms with Crippen molar-refractivity contribution in [3.05, 3.63) is 34.9 Å². The van der Waals surface area contributed by atoms with E-state index >= 15 is 0 Å². The molecular formula is C27H48BrN. The first-order valence-corrected chi connectivity index (χ1v) is 13.2. The van der Waals surface area contributed by atoms with Gasteiger partial charge in [0.05, 0.1) is 0 Å². The van der Waals surface area contributed by atoms with Crippen LogP contribution in [-0.4, -0.2) is 18.4 Å². The van der Waals surface area contributed by atoms with Crippen LogP contribution in [0.15, 0.2) is 34.9 Å². The Labute approximate surface area is 191 Å². The van der Waals surface area contributed by atoms with Gasteiger partial charge in [0.1, 0.15) is 0 Å². The maximum Gasteiger partial charge on any atom is 0.0450 e. The minimum atomic E-state index is 0.433. The van der Waals surface area contributed by atoms with Gasteiger partial charge in [-0.15, -0.1) is 0 Å². The van der Waals surface area contributed by atoms with Gasteiger partial charge in [-0.1, -0.05) is 104 Å². The molecule has 0 spiro atoms. The Hall–Kier alpha value is -0.340. The molecule has 0 aromatic carbocycles. The number of unbranched alkanes of at least 4 members (excludes halogenated alkanes) is 3. The van der Waals surface area contributed by atoms with E-state index in [1.807, 2.05) is 12.6 Å². The average Bonchev–Trinajstić information content (AvgIpc) is 3.53. The van der Waals surface area contributed by atoms with E-state index < -0.39 is 0 Å². The predicted molar refractivity (Wildman–Crippen MR) is 136 cm³/mol. The van der Waals surface area contributed by atoms with Crippen molar-refractivity contribution < 1.29 is 0 Å². The Kier molecular flexibility index (Phi) is 15.1. The van der Waals surface area contributed by atoms with E-state index in [0.717, 1.165) is 24.8 Å². The molecule has 0 aromatic rings. The highest BCUT2D eigenvalue weighted by Gasteiger charge is 2.16. The highest BCUT2D eigenvalue weighted by atomic mass is 79.9. The summed E-state index contributed by atoms with van der Waals surface area (Å²) < 4.78 is 0. The van der Waals surface area contributed by atoms with Crippen LogP contribution in [0.1, 0.15) is 105 Å². The van der Waals surface area contributed by atoms with Crippen LogP contribution in [0.25, 0.3) is 0 Å². The SMILES string of the molecule is CCCC(CCCCCCC(C)C(C)C/C=C(\C)C/C=C\C(Br)CNC)=C1CC1. The van der Waals surface area contributed by atoms with Gasteiger partial charge in [0.25, 0.3) is 0 Å². The zero-order valence-corrected chi connectivity index (χ0v) is 21.6. The smallest absolute Gasteiger partial charge is 0.0450 e. The lowest BCUT2D eigenvalue weighted by molar-refractivity contribution is 0.353. The molecule has 1 aliphatic rings. The number of hydrogen-bond acceptors (Lipinski definition) is 1. The van der Waals surface area contributed by atoms with Gasteiger partial charge < -0.3 is 5.32 Å². The molecule has 1 nitrogen and oxygen atoms in total. The zero-order chi connectivity index (χ0) is 21.5. The van der Waals surface area contributed by atoms with Crippen LogP contribution in [-0.2, 0) is 0 Å². The number of alkyl halides is 1. The normalized spacial score (nSPS) is 17.6. The second-order valence-electron chi connectivity index (χ2n) is 9.36. The molecule has 0 aromatic heterocycles. The summed E-state index contributed by atoms with van der Waals surface area (Å²) in [6.07, 6.45) is 23.3. The highest BCUT2D eigenvalue weighted by Crippen LogP contribution is 2.35. The Morgan fingerprint density at radius 3 is 2.45 bits per heavy atom. The highest BCUT2D eigenvalue weighted by molar-refractivity contribution is 9.09. The molecule has 3 unspecified atom stereocenters. The quantitative estimate of drug-likeness (QED) is 0.128. The van der Waals surface area contributed by atoms with Crippen LogP contribution in [0.4, 0.5) is 0 Å². The van der Waals surface area contributed by atoms with E-state index in [4.69, 9.17) is 0 Å². The van der Waals surface area contributed by atoms with Crippen molar-refractivity contribution in [1.29, 1.82) is 0 Å². The second-order valence-corrected chi connectivity index (χ2v) is 10.5. The third-order valence-corrected chi connectivity index (χ3v) is 7.06. The van der Waals surface area contributed by atoms with E-state index in [0.29, 0.717) is 4.83 Å². The maximum atomic E-state index is 3.66. The Balaban J connectivity index is 2.12. The summed E-state index contributed by atoms with van der Waals surface area (Å²) >= 11 is 3.66. The van der Waals surface area contributed by atoms with Crippen LogP contribution in [0.5, 0.6) is 0 Å². The van der Waals surface area contributed by atoms with Crippen molar-refractivity contribution in [3.8, 4) is 0 Å². The molecule has 0 amide bonds. The van der Waals surface area contributed by atoms with Gasteiger partial charge in [-0.25, -0.2) is 0 Å². The molecule has 0 bridgehead atoms. The summed E-state index contributed by atoms with van der Waals surface area (Å²) in [6.45, 7) is 10.5. The van der Waals surface area contributed by atoms with Gasteiger partial charge in [-0.3, -0.25) is 0 Å². The summed E-state index contributed by atoms with van der Waals surface area (Å²) in [4.78, 5) is 0.433. The zero-order valence-electron chi connectivity index (χ0n) is 20.0. The van der Waals surface area contributed by atoms with Crippen molar-refractivity contribution in [2.45, 2.75) is 110 Å². The van der Waals surface area contributed by atoms with E-state index in [-0.39, 0.29) is 0 Å². The van der Waals surface area contributed by atoms with Gasteiger partial charge >= 0.3 is 0 Å². The van der Waals surface area contributed by atoms with Crippen LogP contribution < -0.4 is 5.32 Å². The predicted octanol–water partition coefficient (Wildman–Crippen LogP) is 8.76. The molecule has 2 heteroatoms. The van der Waals surface area contributed by atoms with Crippen LogP contribution in [0.2, 0.25) is 0 Å². The van der Waals surface area contributed by atoms with Crippen LogP contribution in [0, 0.1) is 11.8 Å². The molecule has 0 saturated heterocycles. The van der Waals surface area contributed by atoms with Gasteiger partial charge in [0.2, 0.25) is 0 Å². The second kappa shape index (κ2) is 16.4. The fourth-order valence-electron chi connectivity index (χ4n) is 4.01. The maximum absolute atomic E-state index is 3.66. The minimum Gasteiger partial charge on any atom is -0.318 e. The fraction of sp³-hybridized carbons (Fsp3) is 0.778. The molecular weight excluding hydrogens is 418 g/mol. The summed E-state index contributed by atoms with van der Waals surface area (Å²) in [6, 6.07) is 0. The summed E-state index contributed by atoms with van der Waals surface area (Å²) in [7, 11) is 1.99. The van der Waals surface area contributed by atoms with E-state index in [1.165, 1.54) is 76.2 Å². The van der Waals surface area contributed by atoms with Crippen molar-refractivity contribution >= 4 is 15.9 Å². The Morgan fingerprint density at radius 1 is 1.07 bits per heavy atom. The number of allylic oxidation sites excluding steroid dienone is 5. The van der Waals surface area contributed by atoms with Gasteiger partial charge in [0, 0.05) is 11.4 Å². The lowest BCUT2D eigenvalue weighted by Crippen LogP contribution is -2.16. The molecule has 1 saturated carbocycles. The summed E-state index contributed by atoms with van der Waals surface area (Å²) in [5.74, 6) is 1.62. The van der Waals surface area contributed by atoms with Crippen molar-refractivity contribution in [2.24, 2.45) is 11.8 Å². The number of nitrogens with one attached hydrogen (secondary N) is 1. The Bertz CT molecular complexity index is 511. The van der Waals surface area contributed by atoms with E-state index in [9.17, 15) is 0 Å². The molecule has 1 rings (SSSR count). The molecule has 0 aliphatic heterocycles. The molecule has 0 heterocycles. The van der Waals surface area contributed by atoms with Crippen molar-refractivity contribution in [2.75, 3.05) is 13.6 Å². The first kappa shape index (κ1) is 26.7.